The van der Waals surface area contributed by atoms with Crippen molar-refractivity contribution in [2.24, 2.45) is 11.3 Å². The van der Waals surface area contributed by atoms with Gasteiger partial charge in [0.05, 0.1) is 12.2 Å². The van der Waals surface area contributed by atoms with E-state index in [1.807, 2.05) is 6.92 Å². The van der Waals surface area contributed by atoms with E-state index in [1.54, 1.807) is 35.6 Å². The fourth-order valence-corrected chi connectivity index (χ4v) is 5.31. The maximum absolute atomic E-state index is 12.5. The van der Waals surface area contributed by atoms with E-state index in [0.29, 0.717) is 23.7 Å². The molecule has 31 heavy (non-hydrogen) atoms. The summed E-state index contributed by atoms with van der Waals surface area (Å²) in [4.78, 5) is 13.8. The topological polar surface area (TPSA) is 74.2 Å². The number of nitriles is 1. The Labute approximate surface area is 193 Å². The Bertz CT molecular complexity index is 998. The summed E-state index contributed by atoms with van der Waals surface area (Å²) in [7, 11) is 0. The number of thiocarbonyl (C=S) groups is 1. The molecule has 0 spiro atoms. The fraction of sp³-hybridized carbons (Fsp3) is 0.458. The standard InChI is InChI=1S/C24H29N3O2S2/c1-5-12-29-17-9-6-15(7-10-17)21(28)26-23(30)27-22-19(14-25)18-11-8-16(24(2,3)4)13-20(18)31-22/h6-7,9-10,16H,5,8,11-13H2,1-4H3,(H2,26,27,28,30). The Hall–Kier alpha value is -2.43. The molecule has 0 fully saturated rings. The number of rotatable bonds is 5. The van der Waals surface area contributed by atoms with Crippen LogP contribution >= 0.6 is 23.6 Å². The quantitative estimate of drug-likeness (QED) is 0.567. The highest BCUT2D eigenvalue weighted by atomic mass is 32.1. The summed E-state index contributed by atoms with van der Waals surface area (Å²) in [6.45, 7) is 9.50. The predicted octanol–water partition coefficient (Wildman–Crippen LogP) is 5.69. The van der Waals surface area contributed by atoms with Crippen LogP contribution in [0.4, 0.5) is 5.00 Å². The van der Waals surface area contributed by atoms with Gasteiger partial charge in [0.15, 0.2) is 5.11 Å². The van der Waals surface area contributed by atoms with Crippen molar-refractivity contribution in [1.82, 2.24) is 5.32 Å². The second-order valence-corrected chi connectivity index (χ2v) is 10.4. The first-order valence-corrected chi connectivity index (χ1v) is 11.8. The third-order valence-electron chi connectivity index (χ3n) is 5.65. The van der Waals surface area contributed by atoms with E-state index in [2.05, 4.69) is 37.5 Å². The van der Waals surface area contributed by atoms with E-state index in [1.165, 1.54) is 4.88 Å². The monoisotopic (exact) mass is 455 g/mol. The normalized spacial score (nSPS) is 15.5. The van der Waals surface area contributed by atoms with E-state index in [4.69, 9.17) is 17.0 Å². The molecule has 1 aliphatic rings. The second kappa shape index (κ2) is 9.80. The molecule has 0 radical (unpaired) electrons. The molecular weight excluding hydrogens is 426 g/mol. The molecule has 1 aromatic carbocycles. The lowest BCUT2D eigenvalue weighted by atomic mass is 9.72. The minimum absolute atomic E-state index is 0.193. The van der Waals surface area contributed by atoms with Gasteiger partial charge in [0.25, 0.3) is 5.91 Å². The van der Waals surface area contributed by atoms with Gasteiger partial charge in [-0.15, -0.1) is 11.3 Å². The van der Waals surface area contributed by atoms with E-state index in [0.717, 1.165) is 42.0 Å². The van der Waals surface area contributed by atoms with Crippen molar-refractivity contribution in [3.05, 3.63) is 45.8 Å². The molecule has 0 saturated carbocycles. The van der Waals surface area contributed by atoms with Crippen LogP contribution in [0.2, 0.25) is 0 Å². The molecule has 1 atom stereocenters. The average Bonchev–Trinajstić information content (AvgIpc) is 3.07. The lowest BCUT2D eigenvalue weighted by Crippen LogP contribution is -2.34. The molecule has 5 nitrogen and oxygen atoms in total. The second-order valence-electron chi connectivity index (χ2n) is 8.91. The number of hydrogen-bond donors (Lipinski definition) is 2. The molecule has 7 heteroatoms. The van der Waals surface area contributed by atoms with Gasteiger partial charge in [-0.05, 0) is 79.1 Å². The Kier molecular flexibility index (Phi) is 7.34. The van der Waals surface area contributed by atoms with Crippen LogP contribution in [0, 0.1) is 22.7 Å². The largest absolute Gasteiger partial charge is 0.494 e. The smallest absolute Gasteiger partial charge is 0.257 e. The first-order valence-electron chi connectivity index (χ1n) is 10.6. The highest BCUT2D eigenvalue weighted by molar-refractivity contribution is 7.80. The van der Waals surface area contributed by atoms with E-state index < -0.39 is 0 Å². The first-order chi connectivity index (χ1) is 14.7. The maximum Gasteiger partial charge on any atom is 0.257 e. The van der Waals surface area contributed by atoms with Gasteiger partial charge in [-0.25, -0.2) is 0 Å². The van der Waals surface area contributed by atoms with Gasteiger partial charge in [0.2, 0.25) is 0 Å². The third-order valence-corrected chi connectivity index (χ3v) is 7.02. The van der Waals surface area contributed by atoms with Crippen LogP contribution in [0.5, 0.6) is 5.75 Å². The summed E-state index contributed by atoms with van der Waals surface area (Å²) in [5.74, 6) is 1.02. The van der Waals surface area contributed by atoms with Crippen LogP contribution in [0.15, 0.2) is 24.3 Å². The van der Waals surface area contributed by atoms with Crippen molar-refractivity contribution in [1.29, 1.82) is 5.26 Å². The van der Waals surface area contributed by atoms with Crippen LogP contribution in [0.3, 0.4) is 0 Å². The minimum atomic E-state index is -0.299. The van der Waals surface area contributed by atoms with E-state index in [-0.39, 0.29) is 16.4 Å². The highest BCUT2D eigenvalue weighted by Gasteiger charge is 2.32. The summed E-state index contributed by atoms with van der Waals surface area (Å²) >= 11 is 6.93. The zero-order valence-electron chi connectivity index (χ0n) is 18.5. The summed E-state index contributed by atoms with van der Waals surface area (Å²) in [6.07, 6.45) is 3.89. The predicted molar refractivity (Wildman–Crippen MR) is 130 cm³/mol. The number of thiophene rings is 1. The molecule has 164 valence electrons. The van der Waals surface area contributed by atoms with Crippen molar-refractivity contribution in [2.75, 3.05) is 11.9 Å². The lowest BCUT2D eigenvalue weighted by Gasteiger charge is -2.33. The molecule has 1 heterocycles. The zero-order valence-corrected chi connectivity index (χ0v) is 20.1. The van der Waals surface area contributed by atoms with Gasteiger partial charge in [0.1, 0.15) is 16.8 Å². The van der Waals surface area contributed by atoms with Crippen molar-refractivity contribution in [3.63, 3.8) is 0 Å². The SMILES string of the molecule is CCCOc1ccc(C(=O)NC(=S)Nc2sc3c(c2C#N)CCC(C(C)(C)C)C3)cc1. The molecule has 1 unspecified atom stereocenters. The number of carbonyl (C=O) groups is 1. The number of amides is 1. The van der Waals surface area contributed by atoms with Crippen molar-refractivity contribution in [2.45, 2.75) is 53.4 Å². The summed E-state index contributed by atoms with van der Waals surface area (Å²) in [5, 5.41) is 16.4. The van der Waals surface area contributed by atoms with Crippen LogP contribution in [-0.2, 0) is 12.8 Å². The van der Waals surface area contributed by atoms with Crippen molar-refractivity contribution < 1.29 is 9.53 Å². The summed E-state index contributed by atoms with van der Waals surface area (Å²) in [5.41, 5.74) is 2.52. The molecule has 1 amide bonds. The first kappa shape index (κ1) is 23.2. The van der Waals surface area contributed by atoms with Crippen LogP contribution in [0.25, 0.3) is 0 Å². The molecule has 3 rings (SSSR count). The van der Waals surface area contributed by atoms with Crippen LogP contribution < -0.4 is 15.4 Å². The van der Waals surface area contributed by atoms with Gasteiger partial charge >= 0.3 is 0 Å². The van der Waals surface area contributed by atoms with Crippen LogP contribution in [0.1, 0.15) is 66.9 Å². The fourth-order valence-electron chi connectivity index (χ4n) is 3.76. The molecule has 0 saturated heterocycles. The molecule has 1 aromatic heterocycles. The highest BCUT2D eigenvalue weighted by Crippen LogP contribution is 2.43. The Morgan fingerprint density at radius 1 is 1.32 bits per heavy atom. The Morgan fingerprint density at radius 3 is 2.65 bits per heavy atom. The molecule has 0 bridgehead atoms. The molecule has 1 aliphatic carbocycles. The van der Waals surface area contributed by atoms with Gasteiger partial charge < -0.3 is 10.1 Å². The Balaban J connectivity index is 1.66. The molecule has 2 aromatic rings. The number of carbonyl (C=O) groups excluding carboxylic acids is 1. The average molecular weight is 456 g/mol. The number of nitrogens with zero attached hydrogens (tertiary/aromatic N) is 1. The molecule has 0 aliphatic heterocycles. The number of benzene rings is 1. The zero-order chi connectivity index (χ0) is 22.6. The third kappa shape index (κ3) is 5.63. The number of ether oxygens (including phenoxy) is 1. The summed E-state index contributed by atoms with van der Waals surface area (Å²) in [6, 6.07) is 9.29. The van der Waals surface area contributed by atoms with E-state index >= 15 is 0 Å². The van der Waals surface area contributed by atoms with Crippen molar-refractivity contribution >= 4 is 39.6 Å². The minimum Gasteiger partial charge on any atom is -0.494 e. The van der Waals surface area contributed by atoms with Crippen LogP contribution in [-0.4, -0.2) is 17.6 Å². The Morgan fingerprint density at radius 2 is 2.03 bits per heavy atom. The number of anilines is 1. The number of nitrogens with one attached hydrogen (secondary N) is 2. The number of fused-ring (bicyclic) bond motifs is 1. The van der Waals surface area contributed by atoms with Gasteiger partial charge in [-0.2, -0.15) is 5.26 Å². The molecule has 2 N–H and O–H groups in total. The number of hydrogen-bond acceptors (Lipinski definition) is 5. The summed E-state index contributed by atoms with van der Waals surface area (Å²) < 4.78 is 5.54. The van der Waals surface area contributed by atoms with E-state index in [9.17, 15) is 10.1 Å². The maximum atomic E-state index is 12.5. The molecular formula is C24H29N3O2S2. The lowest BCUT2D eigenvalue weighted by molar-refractivity contribution is 0.0977. The van der Waals surface area contributed by atoms with Crippen molar-refractivity contribution in [3.8, 4) is 11.8 Å². The van der Waals surface area contributed by atoms with Gasteiger partial charge in [-0.1, -0.05) is 27.7 Å². The van der Waals surface area contributed by atoms with Gasteiger partial charge in [-0.3, -0.25) is 10.1 Å². The van der Waals surface area contributed by atoms with Gasteiger partial charge in [0, 0.05) is 10.4 Å².